The van der Waals surface area contributed by atoms with Gasteiger partial charge in [-0.2, -0.15) is 5.10 Å². The number of carbonyl (C=O) groups excluding carboxylic acids is 1. The molecule has 0 spiro atoms. The Hall–Kier alpha value is -3.35. The average molecular weight is 388 g/mol. The van der Waals surface area contributed by atoms with Gasteiger partial charge in [-0.15, -0.1) is 0 Å². The van der Waals surface area contributed by atoms with Gasteiger partial charge in [0.2, 0.25) is 0 Å². The zero-order chi connectivity index (χ0) is 20.0. The van der Waals surface area contributed by atoms with E-state index >= 15 is 0 Å². The summed E-state index contributed by atoms with van der Waals surface area (Å²) >= 11 is 0. The molecule has 3 aliphatic heterocycles. The molecule has 3 fully saturated rings. The van der Waals surface area contributed by atoms with Crippen LogP contribution in [0.4, 0.5) is 16.3 Å². The first-order chi connectivity index (χ1) is 14.1. The molecule has 2 bridgehead atoms. The summed E-state index contributed by atoms with van der Waals surface area (Å²) in [5.41, 5.74) is 3.88. The molecule has 6 rings (SSSR count). The molecule has 148 valence electrons. The molecule has 2 unspecified atom stereocenters. The molecule has 3 aliphatic rings. The third-order valence-electron chi connectivity index (χ3n) is 5.88. The van der Waals surface area contributed by atoms with Gasteiger partial charge in [-0.1, -0.05) is 12.1 Å². The maximum atomic E-state index is 12.9. The summed E-state index contributed by atoms with van der Waals surface area (Å²) in [5, 5.41) is 7.58. The number of nitrogens with one attached hydrogen (secondary N) is 1. The monoisotopic (exact) mass is 388 g/mol. The Morgan fingerprint density at radius 2 is 1.97 bits per heavy atom. The quantitative estimate of drug-likeness (QED) is 0.748. The molecule has 3 saturated heterocycles. The van der Waals surface area contributed by atoms with Crippen LogP contribution in [0.1, 0.15) is 12.0 Å². The Bertz CT molecular complexity index is 1030. The number of benzene rings is 1. The summed E-state index contributed by atoms with van der Waals surface area (Å²) in [6, 6.07) is 14.3. The number of hydrogen-bond acceptors (Lipinski definition) is 4. The van der Waals surface area contributed by atoms with Gasteiger partial charge in [0.15, 0.2) is 5.82 Å². The van der Waals surface area contributed by atoms with Gasteiger partial charge >= 0.3 is 6.03 Å². The first kappa shape index (κ1) is 17.7. The molecule has 0 saturated carbocycles. The van der Waals surface area contributed by atoms with Crippen molar-refractivity contribution in [2.75, 3.05) is 23.3 Å². The van der Waals surface area contributed by atoms with E-state index in [1.54, 1.807) is 6.20 Å². The highest BCUT2D eigenvalue weighted by Crippen LogP contribution is 2.35. The van der Waals surface area contributed by atoms with Gasteiger partial charge in [0.25, 0.3) is 0 Å². The second-order valence-electron chi connectivity index (χ2n) is 7.88. The summed E-state index contributed by atoms with van der Waals surface area (Å²) in [6.07, 6.45) is 4.80. The number of piperidine rings is 1. The molecule has 7 nitrogen and oxygen atoms in total. The smallest absolute Gasteiger partial charge is 0.322 e. The van der Waals surface area contributed by atoms with Crippen molar-refractivity contribution in [2.24, 2.45) is 7.05 Å². The van der Waals surface area contributed by atoms with Gasteiger partial charge in [0.05, 0.1) is 17.8 Å². The number of piperazine rings is 1. The minimum Gasteiger partial charge on any atom is -0.351 e. The number of fused-ring (bicyclic) bond motifs is 2. The molecule has 2 atom stereocenters. The van der Waals surface area contributed by atoms with Gasteiger partial charge in [-0.25, -0.2) is 4.79 Å². The van der Waals surface area contributed by atoms with Crippen molar-refractivity contribution >= 4 is 17.5 Å². The number of urea groups is 1. The number of pyridine rings is 1. The Balaban J connectivity index is 1.28. The lowest BCUT2D eigenvalue weighted by atomic mass is 9.88. The molecule has 2 aromatic heterocycles. The molecule has 7 heteroatoms. The molecule has 0 radical (unpaired) electrons. The van der Waals surface area contributed by atoms with Crippen LogP contribution in [0.3, 0.4) is 0 Å². The van der Waals surface area contributed by atoms with Crippen molar-refractivity contribution in [3.63, 3.8) is 0 Å². The molecular formula is C22H24N6O. The summed E-state index contributed by atoms with van der Waals surface area (Å²) in [6.45, 7) is 3.71. The van der Waals surface area contributed by atoms with Crippen LogP contribution in [-0.2, 0) is 7.05 Å². The molecule has 1 aromatic carbocycles. The van der Waals surface area contributed by atoms with E-state index < -0.39 is 0 Å². The highest BCUT2D eigenvalue weighted by Gasteiger charge is 2.47. The Kier molecular flexibility index (Phi) is 4.23. The van der Waals surface area contributed by atoms with Crippen molar-refractivity contribution in [3.8, 4) is 11.3 Å². The maximum Gasteiger partial charge on any atom is 0.322 e. The topological polar surface area (TPSA) is 66.3 Å². The summed E-state index contributed by atoms with van der Waals surface area (Å²) in [5.74, 6) is 0.987. The lowest BCUT2D eigenvalue weighted by Crippen LogP contribution is -2.71. The molecular weight excluding hydrogens is 364 g/mol. The van der Waals surface area contributed by atoms with Crippen LogP contribution >= 0.6 is 0 Å². The first-order valence-corrected chi connectivity index (χ1v) is 9.94. The number of rotatable bonds is 3. The standard InChI is InChI=1S/C22H24N6O/c1-15-6-7-16(11-19(15)20-5-3-4-9-23-20)24-22(29)28-17-12-18(28)14-27(13-17)21-8-10-26(2)25-21/h3-11,17-18H,12-14H2,1-2H3,(H,24,29). The number of carbonyl (C=O) groups is 1. The molecule has 29 heavy (non-hydrogen) atoms. The fraction of sp³-hybridized carbons (Fsp3) is 0.318. The zero-order valence-corrected chi connectivity index (χ0v) is 16.6. The van der Waals surface area contributed by atoms with Crippen LogP contribution < -0.4 is 10.2 Å². The Morgan fingerprint density at radius 1 is 1.14 bits per heavy atom. The van der Waals surface area contributed by atoms with Gasteiger partial charge in [-0.3, -0.25) is 9.67 Å². The number of hydrogen-bond donors (Lipinski definition) is 1. The minimum atomic E-state index is -0.0252. The van der Waals surface area contributed by atoms with E-state index in [4.69, 9.17) is 0 Å². The van der Waals surface area contributed by atoms with E-state index in [0.29, 0.717) is 0 Å². The third-order valence-corrected chi connectivity index (χ3v) is 5.88. The van der Waals surface area contributed by atoms with Crippen molar-refractivity contribution in [3.05, 3.63) is 60.4 Å². The summed E-state index contributed by atoms with van der Waals surface area (Å²) in [7, 11) is 1.93. The van der Waals surface area contributed by atoms with Crippen LogP contribution in [0.15, 0.2) is 54.9 Å². The van der Waals surface area contributed by atoms with Crippen molar-refractivity contribution in [1.29, 1.82) is 0 Å². The van der Waals surface area contributed by atoms with Crippen LogP contribution in [0.5, 0.6) is 0 Å². The van der Waals surface area contributed by atoms with E-state index in [1.165, 1.54) is 0 Å². The molecule has 3 aromatic rings. The van der Waals surface area contributed by atoms with E-state index in [0.717, 1.165) is 47.8 Å². The number of anilines is 2. The predicted octanol–water partition coefficient (Wildman–Crippen LogP) is 3.29. The Labute approximate surface area is 170 Å². The summed E-state index contributed by atoms with van der Waals surface area (Å²) < 4.78 is 1.82. The van der Waals surface area contributed by atoms with Crippen LogP contribution in [-0.4, -0.2) is 50.9 Å². The summed E-state index contributed by atoms with van der Waals surface area (Å²) in [4.78, 5) is 21.6. The zero-order valence-electron chi connectivity index (χ0n) is 16.6. The van der Waals surface area contributed by atoms with Gasteiger partial charge < -0.3 is 15.1 Å². The third kappa shape index (κ3) is 3.22. The van der Waals surface area contributed by atoms with Crippen LogP contribution in [0.25, 0.3) is 11.3 Å². The number of aromatic nitrogens is 3. The number of amides is 2. The molecule has 1 N–H and O–H groups in total. The number of nitrogens with zero attached hydrogens (tertiary/aromatic N) is 5. The van der Waals surface area contributed by atoms with Gasteiger partial charge in [-0.05, 0) is 43.2 Å². The Morgan fingerprint density at radius 3 is 2.66 bits per heavy atom. The van der Waals surface area contributed by atoms with Crippen molar-refractivity contribution in [1.82, 2.24) is 19.7 Å². The SMILES string of the molecule is Cc1ccc(NC(=O)N2C3CC2CN(c2ccn(C)n2)C3)cc1-c1ccccn1. The van der Waals surface area contributed by atoms with E-state index in [2.05, 4.69) is 27.2 Å². The van der Waals surface area contributed by atoms with Gasteiger partial charge in [0.1, 0.15) is 0 Å². The first-order valence-electron chi connectivity index (χ1n) is 9.94. The van der Waals surface area contributed by atoms with Crippen LogP contribution in [0.2, 0.25) is 0 Å². The van der Waals surface area contributed by atoms with E-state index in [9.17, 15) is 4.79 Å². The normalized spacial score (nSPS) is 20.3. The lowest BCUT2D eigenvalue weighted by Gasteiger charge is -2.56. The maximum absolute atomic E-state index is 12.9. The molecule has 5 heterocycles. The van der Waals surface area contributed by atoms with E-state index in [1.807, 2.05) is 65.3 Å². The number of aryl methyl sites for hydroxylation is 2. The minimum absolute atomic E-state index is 0.0252. The lowest BCUT2D eigenvalue weighted by molar-refractivity contribution is 0.0436. The van der Waals surface area contributed by atoms with Crippen LogP contribution in [0, 0.1) is 6.92 Å². The highest BCUT2D eigenvalue weighted by atomic mass is 16.2. The predicted molar refractivity (Wildman–Crippen MR) is 113 cm³/mol. The second-order valence-corrected chi connectivity index (χ2v) is 7.88. The average Bonchev–Trinajstić information content (AvgIpc) is 3.16. The van der Waals surface area contributed by atoms with Crippen molar-refractivity contribution in [2.45, 2.75) is 25.4 Å². The van der Waals surface area contributed by atoms with Gasteiger partial charge in [0, 0.05) is 49.8 Å². The molecule has 0 aliphatic carbocycles. The van der Waals surface area contributed by atoms with Crippen molar-refractivity contribution < 1.29 is 4.79 Å². The largest absolute Gasteiger partial charge is 0.351 e. The van der Waals surface area contributed by atoms with E-state index in [-0.39, 0.29) is 18.1 Å². The highest BCUT2D eigenvalue weighted by molar-refractivity contribution is 5.91. The fourth-order valence-corrected chi connectivity index (χ4v) is 4.39. The second kappa shape index (κ2) is 6.92. The molecule has 2 amide bonds. The fourth-order valence-electron chi connectivity index (χ4n) is 4.39.